The highest BCUT2D eigenvalue weighted by molar-refractivity contribution is 7.92. The first-order valence-electron chi connectivity index (χ1n) is 13.5. The van der Waals surface area contributed by atoms with E-state index in [1.165, 1.54) is 37.8 Å². The van der Waals surface area contributed by atoms with Crippen molar-refractivity contribution in [1.29, 1.82) is 0 Å². The largest absolute Gasteiger partial charge is 0.506 e. The fraction of sp³-hybridized carbons (Fsp3) is 0.536. The first-order valence-corrected chi connectivity index (χ1v) is 15.4. The summed E-state index contributed by atoms with van der Waals surface area (Å²) in [6.45, 7) is 2.08. The SMILES string of the molecule is CS(=O)(=O)Nc1cc([C@H](O)CNC2CCN(c3ccc(NC(=O)CCC4CCCC4)cc3)CC2)ccc1O. The number of carbonyl (C=O) groups excluding carboxylic acids is 1. The number of phenolic OH excluding ortho intramolecular Hbond substituents is 1. The summed E-state index contributed by atoms with van der Waals surface area (Å²) >= 11 is 0. The third-order valence-corrected chi connectivity index (χ3v) is 8.16. The summed E-state index contributed by atoms with van der Waals surface area (Å²) in [6, 6.07) is 12.7. The van der Waals surface area contributed by atoms with Crippen LogP contribution in [-0.4, -0.2) is 56.5 Å². The fourth-order valence-electron chi connectivity index (χ4n) is 5.39. The predicted molar refractivity (Wildman–Crippen MR) is 151 cm³/mol. The van der Waals surface area contributed by atoms with Gasteiger partial charge in [-0.15, -0.1) is 0 Å². The number of nitrogens with zero attached hydrogens (tertiary/aromatic N) is 1. The zero-order valence-corrected chi connectivity index (χ0v) is 22.8. The van der Waals surface area contributed by atoms with Crippen molar-refractivity contribution in [3.63, 3.8) is 0 Å². The van der Waals surface area contributed by atoms with Gasteiger partial charge in [0.15, 0.2) is 0 Å². The minimum Gasteiger partial charge on any atom is -0.506 e. The Morgan fingerprint density at radius 1 is 1.05 bits per heavy atom. The Morgan fingerprint density at radius 2 is 1.74 bits per heavy atom. The number of piperidine rings is 1. The van der Waals surface area contributed by atoms with Crippen molar-refractivity contribution in [2.24, 2.45) is 5.92 Å². The van der Waals surface area contributed by atoms with Crippen molar-refractivity contribution in [3.8, 4) is 5.75 Å². The van der Waals surface area contributed by atoms with Crippen LogP contribution in [0, 0.1) is 5.92 Å². The molecule has 0 aromatic heterocycles. The van der Waals surface area contributed by atoms with Crippen molar-refractivity contribution in [1.82, 2.24) is 5.32 Å². The highest BCUT2D eigenvalue weighted by Crippen LogP contribution is 2.30. The van der Waals surface area contributed by atoms with Gasteiger partial charge >= 0.3 is 0 Å². The number of sulfonamides is 1. The summed E-state index contributed by atoms with van der Waals surface area (Å²) in [5.74, 6) is 0.615. The minimum absolute atomic E-state index is 0.0482. The van der Waals surface area contributed by atoms with Crippen LogP contribution in [-0.2, 0) is 14.8 Å². The van der Waals surface area contributed by atoms with Gasteiger partial charge in [0.2, 0.25) is 15.9 Å². The second kappa shape index (κ2) is 12.8. The van der Waals surface area contributed by atoms with Gasteiger partial charge in [-0.1, -0.05) is 31.7 Å². The van der Waals surface area contributed by atoms with E-state index >= 15 is 0 Å². The maximum Gasteiger partial charge on any atom is 0.229 e. The molecule has 1 saturated heterocycles. The van der Waals surface area contributed by atoms with E-state index in [1.54, 1.807) is 6.07 Å². The Morgan fingerprint density at radius 3 is 2.39 bits per heavy atom. The molecule has 4 rings (SSSR count). The number of nitrogens with one attached hydrogen (secondary N) is 3. The molecule has 1 saturated carbocycles. The molecule has 1 amide bonds. The molecule has 38 heavy (non-hydrogen) atoms. The van der Waals surface area contributed by atoms with E-state index in [1.807, 2.05) is 12.1 Å². The van der Waals surface area contributed by atoms with Crippen LogP contribution in [0.1, 0.15) is 63.0 Å². The highest BCUT2D eigenvalue weighted by atomic mass is 32.2. The van der Waals surface area contributed by atoms with E-state index in [0.717, 1.165) is 50.0 Å². The number of anilines is 3. The van der Waals surface area contributed by atoms with Crippen molar-refractivity contribution < 1.29 is 23.4 Å². The number of aliphatic hydroxyl groups excluding tert-OH is 1. The van der Waals surface area contributed by atoms with Crippen LogP contribution in [0.25, 0.3) is 0 Å². The Balaban J connectivity index is 1.19. The fourth-order valence-corrected chi connectivity index (χ4v) is 5.96. The molecule has 2 aliphatic rings. The Bertz CT molecular complexity index is 1170. The Hall–Kier alpha value is -2.82. The Labute approximate surface area is 225 Å². The summed E-state index contributed by atoms with van der Waals surface area (Å²) < 4.78 is 25.3. The summed E-state index contributed by atoms with van der Waals surface area (Å²) in [5, 5.41) is 26.9. The number of rotatable bonds is 11. The normalized spacial score (nSPS) is 17.9. The van der Waals surface area contributed by atoms with Gasteiger partial charge in [-0.25, -0.2) is 8.42 Å². The summed E-state index contributed by atoms with van der Waals surface area (Å²) in [5.41, 5.74) is 2.53. The lowest BCUT2D eigenvalue weighted by Crippen LogP contribution is -2.43. The number of carbonyl (C=O) groups is 1. The maximum absolute atomic E-state index is 12.3. The molecule has 0 unspecified atom stereocenters. The van der Waals surface area contributed by atoms with Crippen LogP contribution in [0.4, 0.5) is 17.1 Å². The molecule has 0 bridgehead atoms. The summed E-state index contributed by atoms with van der Waals surface area (Å²) in [4.78, 5) is 14.6. The van der Waals surface area contributed by atoms with Crippen LogP contribution in [0.15, 0.2) is 42.5 Å². The quantitative estimate of drug-likeness (QED) is 0.271. The van der Waals surface area contributed by atoms with Crippen LogP contribution in [0.2, 0.25) is 0 Å². The van der Waals surface area contributed by atoms with E-state index in [4.69, 9.17) is 0 Å². The van der Waals surface area contributed by atoms with Crippen LogP contribution in [0.3, 0.4) is 0 Å². The predicted octanol–water partition coefficient (Wildman–Crippen LogP) is 3.96. The molecule has 2 fully saturated rings. The van der Waals surface area contributed by atoms with Crippen LogP contribution < -0.4 is 20.3 Å². The van der Waals surface area contributed by atoms with E-state index < -0.39 is 16.1 Å². The van der Waals surface area contributed by atoms with Gasteiger partial charge in [-0.3, -0.25) is 9.52 Å². The molecule has 1 aliphatic carbocycles. The lowest BCUT2D eigenvalue weighted by atomic mass is 10.0. The first-order chi connectivity index (χ1) is 18.2. The van der Waals surface area contributed by atoms with E-state index in [2.05, 4.69) is 32.4 Å². The number of phenols is 1. The van der Waals surface area contributed by atoms with Crippen molar-refractivity contribution >= 4 is 33.0 Å². The van der Waals surface area contributed by atoms with E-state index in [-0.39, 0.29) is 23.4 Å². The smallest absolute Gasteiger partial charge is 0.229 e. The van der Waals surface area contributed by atoms with Crippen molar-refractivity contribution in [3.05, 3.63) is 48.0 Å². The molecular formula is C28H40N4O5S. The number of aromatic hydroxyl groups is 1. The monoisotopic (exact) mass is 544 g/mol. The molecule has 5 N–H and O–H groups in total. The van der Waals surface area contributed by atoms with Gasteiger partial charge in [0.1, 0.15) is 5.75 Å². The average Bonchev–Trinajstić information content (AvgIpc) is 3.41. The van der Waals surface area contributed by atoms with Gasteiger partial charge < -0.3 is 25.7 Å². The van der Waals surface area contributed by atoms with Gasteiger partial charge in [0, 0.05) is 43.5 Å². The molecule has 1 aliphatic heterocycles. The zero-order chi connectivity index (χ0) is 27.1. The molecular weight excluding hydrogens is 504 g/mol. The summed E-state index contributed by atoms with van der Waals surface area (Å²) in [7, 11) is -3.54. The van der Waals surface area contributed by atoms with Crippen LogP contribution in [0.5, 0.6) is 5.75 Å². The van der Waals surface area contributed by atoms with Gasteiger partial charge in [0.05, 0.1) is 18.0 Å². The lowest BCUT2D eigenvalue weighted by molar-refractivity contribution is -0.116. The van der Waals surface area contributed by atoms with E-state index in [9.17, 15) is 23.4 Å². The first kappa shape index (κ1) is 28.2. The highest BCUT2D eigenvalue weighted by Gasteiger charge is 2.21. The minimum atomic E-state index is -3.54. The van der Waals surface area contributed by atoms with Crippen molar-refractivity contribution in [2.75, 3.05) is 40.8 Å². The standard InChI is InChI=1S/C28H40N4O5S/c1-38(36,37)31-25-18-21(7-12-26(25)33)27(34)19-29-22-14-16-32(17-15-22)24-10-8-23(9-11-24)30-28(35)13-6-20-4-2-3-5-20/h7-12,18,20,22,27,29,31,33-34H,2-6,13-17,19H2,1H3,(H,30,35)/t27-/m1/s1. The zero-order valence-electron chi connectivity index (χ0n) is 22.0. The molecule has 208 valence electrons. The van der Waals surface area contributed by atoms with Crippen LogP contribution >= 0.6 is 0 Å². The third-order valence-electron chi connectivity index (χ3n) is 7.57. The number of amides is 1. The number of hydrogen-bond acceptors (Lipinski definition) is 7. The number of benzene rings is 2. The van der Waals surface area contributed by atoms with Gasteiger partial charge in [-0.2, -0.15) is 0 Å². The second-order valence-electron chi connectivity index (χ2n) is 10.6. The lowest BCUT2D eigenvalue weighted by Gasteiger charge is -2.34. The molecule has 9 nitrogen and oxygen atoms in total. The second-order valence-corrected chi connectivity index (χ2v) is 12.4. The van der Waals surface area contributed by atoms with Gasteiger partial charge in [0.25, 0.3) is 0 Å². The Kier molecular flexibility index (Phi) is 9.51. The van der Waals surface area contributed by atoms with Gasteiger partial charge in [-0.05, 0) is 67.1 Å². The average molecular weight is 545 g/mol. The van der Waals surface area contributed by atoms with Crippen molar-refractivity contribution in [2.45, 2.75) is 63.5 Å². The molecule has 2 aromatic carbocycles. The third kappa shape index (κ3) is 8.34. The topological polar surface area (TPSA) is 131 Å². The molecule has 2 aromatic rings. The maximum atomic E-state index is 12.3. The number of hydrogen-bond donors (Lipinski definition) is 5. The molecule has 0 spiro atoms. The summed E-state index contributed by atoms with van der Waals surface area (Å²) in [6.07, 6.45) is 8.72. The molecule has 1 atom stereocenters. The molecule has 10 heteroatoms. The number of aliphatic hydroxyl groups is 1. The van der Waals surface area contributed by atoms with E-state index in [0.29, 0.717) is 24.4 Å². The molecule has 1 heterocycles. The molecule has 0 radical (unpaired) electrons.